The van der Waals surface area contributed by atoms with Gasteiger partial charge in [-0.3, -0.25) is 9.89 Å². The molecule has 0 unspecified atom stereocenters. The second-order valence-corrected chi connectivity index (χ2v) is 3.83. The lowest BCUT2D eigenvalue weighted by molar-refractivity contribution is -0.117. The van der Waals surface area contributed by atoms with Gasteiger partial charge in [-0.05, 0) is 25.0 Å². The molecule has 0 aliphatic carbocycles. The van der Waals surface area contributed by atoms with Gasteiger partial charge in [-0.2, -0.15) is 5.10 Å². The van der Waals surface area contributed by atoms with Crippen molar-refractivity contribution in [2.24, 2.45) is 5.73 Å². The molecular weight excluding hydrogens is 218 g/mol. The number of rotatable bonds is 5. The Kier molecular flexibility index (Phi) is 3.27. The van der Waals surface area contributed by atoms with Crippen molar-refractivity contribution in [3.63, 3.8) is 0 Å². The molecule has 2 aromatic heterocycles. The van der Waals surface area contributed by atoms with E-state index >= 15 is 0 Å². The number of aromatic amines is 1. The molecule has 0 saturated carbocycles. The highest BCUT2D eigenvalue weighted by Crippen LogP contribution is 2.25. The molecule has 2 aromatic rings. The first-order valence-electron chi connectivity index (χ1n) is 5.60. The molecule has 2 rings (SSSR count). The molecule has 0 spiro atoms. The highest BCUT2D eigenvalue weighted by molar-refractivity contribution is 5.74. The summed E-state index contributed by atoms with van der Waals surface area (Å²) in [4.78, 5) is 10.9. The minimum Gasteiger partial charge on any atom is -0.463 e. The van der Waals surface area contributed by atoms with Crippen molar-refractivity contribution in [2.75, 3.05) is 0 Å². The number of amides is 1. The van der Waals surface area contributed by atoms with Gasteiger partial charge in [0.25, 0.3) is 0 Å². The smallest absolute Gasteiger partial charge is 0.217 e. The van der Waals surface area contributed by atoms with Crippen LogP contribution in [0.3, 0.4) is 0 Å². The van der Waals surface area contributed by atoms with Gasteiger partial charge in [0.1, 0.15) is 5.69 Å². The number of primary amides is 1. The molecule has 0 aromatic carbocycles. The van der Waals surface area contributed by atoms with E-state index in [1.807, 2.05) is 19.1 Å². The molecule has 0 radical (unpaired) electrons. The number of carbonyl (C=O) groups is 1. The van der Waals surface area contributed by atoms with Crippen LogP contribution in [-0.2, 0) is 17.6 Å². The highest BCUT2D eigenvalue weighted by atomic mass is 16.3. The Morgan fingerprint density at radius 3 is 3.00 bits per heavy atom. The quantitative estimate of drug-likeness (QED) is 0.823. The molecule has 0 saturated heterocycles. The number of nitrogens with two attached hydrogens (primary N) is 1. The molecule has 5 heteroatoms. The molecule has 0 bridgehead atoms. The average Bonchev–Trinajstić information content (AvgIpc) is 2.94. The summed E-state index contributed by atoms with van der Waals surface area (Å²) in [6.07, 6.45) is 3.35. The summed E-state index contributed by atoms with van der Waals surface area (Å²) in [6, 6.07) is 3.66. The van der Waals surface area contributed by atoms with E-state index in [1.54, 1.807) is 6.26 Å². The van der Waals surface area contributed by atoms with Gasteiger partial charge >= 0.3 is 0 Å². The van der Waals surface area contributed by atoms with Gasteiger partial charge in [-0.1, -0.05) is 6.92 Å². The Morgan fingerprint density at radius 2 is 2.41 bits per heavy atom. The van der Waals surface area contributed by atoms with Crippen molar-refractivity contribution >= 4 is 5.91 Å². The Morgan fingerprint density at radius 1 is 1.59 bits per heavy atom. The lowest BCUT2D eigenvalue weighted by Gasteiger charge is -2.01. The fourth-order valence-corrected chi connectivity index (χ4v) is 1.83. The third-order valence-corrected chi connectivity index (χ3v) is 2.68. The average molecular weight is 233 g/mol. The number of carbonyl (C=O) groups excluding carboxylic acids is 1. The van der Waals surface area contributed by atoms with Gasteiger partial charge < -0.3 is 10.2 Å². The minimum atomic E-state index is -0.307. The molecule has 0 aliphatic rings. The van der Waals surface area contributed by atoms with Crippen molar-refractivity contribution < 1.29 is 9.21 Å². The Labute approximate surface area is 99.0 Å². The summed E-state index contributed by atoms with van der Waals surface area (Å²) in [6.45, 7) is 2.03. The van der Waals surface area contributed by atoms with Gasteiger partial charge in [-0.25, -0.2) is 0 Å². The summed E-state index contributed by atoms with van der Waals surface area (Å²) in [5.74, 6) is 0.402. The van der Waals surface area contributed by atoms with E-state index in [1.165, 1.54) is 0 Å². The van der Waals surface area contributed by atoms with E-state index in [9.17, 15) is 4.79 Å². The molecule has 2 heterocycles. The third kappa shape index (κ3) is 2.38. The summed E-state index contributed by atoms with van der Waals surface area (Å²) in [7, 11) is 0. The van der Waals surface area contributed by atoms with E-state index < -0.39 is 0 Å². The maximum absolute atomic E-state index is 10.9. The van der Waals surface area contributed by atoms with Crippen molar-refractivity contribution in [1.29, 1.82) is 0 Å². The maximum Gasteiger partial charge on any atom is 0.217 e. The SMILES string of the molecule is CCc1[nH]nc(-c2ccco2)c1CCC(N)=O. The standard InChI is InChI=1S/C12H15N3O2/c1-2-9-8(5-6-11(13)16)12(15-14-9)10-4-3-7-17-10/h3-4,7H,2,5-6H2,1H3,(H2,13,16)(H,14,15). The van der Waals surface area contributed by atoms with Crippen LogP contribution in [0.2, 0.25) is 0 Å². The maximum atomic E-state index is 10.9. The van der Waals surface area contributed by atoms with Crippen LogP contribution in [0.1, 0.15) is 24.6 Å². The fourth-order valence-electron chi connectivity index (χ4n) is 1.83. The highest BCUT2D eigenvalue weighted by Gasteiger charge is 2.16. The molecule has 3 N–H and O–H groups in total. The lowest BCUT2D eigenvalue weighted by atomic mass is 10.0. The van der Waals surface area contributed by atoms with Crippen molar-refractivity contribution in [1.82, 2.24) is 10.2 Å². The lowest BCUT2D eigenvalue weighted by Crippen LogP contribution is -2.11. The van der Waals surface area contributed by atoms with Crippen molar-refractivity contribution in [3.8, 4) is 11.5 Å². The van der Waals surface area contributed by atoms with Crippen molar-refractivity contribution in [3.05, 3.63) is 29.7 Å². The van der Waals surface area contributed by atoms with Crippen LogP contribution in [-0.4, -0.2) is 16.1 Å². The molecule has 0 fully saturated rings. The summed E-state index contributed by atoms with van der Waals surface area (Å²) in [5.41, 5.74) is 7.99. The third-order valence-electron chi connectivity index (χ3n) is 2.68. The predicted molar refractivity (Wildman–Crippen MR) is 63.2 cm³/mol. The predicted octanol–water partition coefficient (Wildman–Crippen LogP) is 1.65. The van der Waals surface area contributed by atoms with E-state index in [4.69, 9.17) is 10.2 Å². The second-order valence-electron chi connectivity index (χ2n) is 3.83. The van der Waals surface area contributed by atoms with Gasteiger partial charge in [0.05, 0.1) is 6.26 Å². The fraction of sp³-hybridized carbons (Fsp3) is 0.333. The Balaban J connectivity index is 2.32. The number of hydrogen-bond acceptors (Lipinski definition) is 3. The zero-order valence-electron chi connectivity index (χ0n) is 9.69. The molecular formula is C12H15N3O2. The first kappa shape index (κ1) is 11.4. The summed E-state index contributed by atoms with van der Waals surface area (Å²) in [5, 5.41) is 7.21. The summed E-state index contributed by atoms with van der Waals surface area (Å²) >= 11 is 0. The van der Waals surface area contributed by atoms with Gasteiger partial charge in [0, 0.05) is 17.7 Å². The van der Waals surface area contributed by atoms with E-state index in [-0.39, 0.29) is 5.91 Å². The molecule has 0 aliphatic heterocycles. The van der Waals surface area contributed by atoms with E-state index in [0.29, 0.717) is 18.6 Å². The van der Waals surface area contributed by atoms with Gasteiger partial charge in [-0.15, -0.1) is 0 Å². The molecule has 5 nitrogen and oxygen atoms in total. The van der Waals surface area contributed by atoms with E-state index in [0.717, 1.165) is 23.4 Å². The number of nitrogens with one attached hydrogen (secondary N) is 1. The largest absolute Gasteiger partial charge is 0.463 e. The topological polar surface area (TPSA) is 84.9 Å². The van der Waals surface area contributed by atoms with Crippen LogP contribution in [0.4, 0.5) is 0 Å². The molecule has 1 amide bonds. The van der Waals surface area contributed by atoms with Crippen LogP contribution in [0.25, 0.3) is 11.5 Å². The monoisotopic (exact) mass is 233 g/mol. The normalized spacial score (nSPS) is 10.6. The Bertz CT molecular complexity index is 500. The number of aryl methyl sites for hydroxylation is 1. The molecule has 90 valence electrons. The molecule has 17 heavy (non-hydrogen) atoms. The van der Waals surface area contributed by atoms with Gasteiger partial charge in [0.15, 0.2) is 5.76 Å². The number of aromatic nitrogens is 2. The summed E-state index contributed by atoms with van der Waals surface area (Å²) < 4.78 is 5.33. The number of H-pyrrole nitrogens is 1. The minimum absolute atomic E-state index is 0.307. The van der Waals surface area contributed by atoms with Crippen LogP contribution in [0.5, 0.6) is 0 Å². The zero-order chi connectivity index (χ0) is 12.3. The first-order chi connectivity index (χ1) is 8.22. The van der Waals surface area contributed by atoms with E-state index in [2.05, 4.69) is 10.2 Å². The zero-order valence-corrected chi connectivity index (χ0v) is 9.69. The van der Waals surface area contributed by atoms with Crippen LogP contribution >= 0.6 is 0 Å². The number of furan rings is 1. The molecule has 0 atom stereocenters. The second kappa shape index (κ2) is 4.86. The van der Waals surface area contributed by atoms with Crippen LogP contribution < -0.4 is 5.73 Å². The van der Waals surface area contributed by atoms with Crippen molar-refractivity contribution in [2.45, 2.75) is 26.2 Å². The van der Waals surface area contributed by atoms with Crippen LogP contribution in [0.15, 0.2) is 22.8 Å². The first-order valence-corrected chi connectivity index (χ1v) is 5.60. The van der Waals surface area contributed by atoms with Gasteiger partial charge in [0.2, 0.25) is 5.91 Å². The number of hydrogen-bond donors (Lipinski definition) is 2. The van der Waals surface area contributed by atoms with Crippen LogP contribution in [0, 0.1) is 0 Å². The Hall–Kier alpha value is -2.04. The number of nitrogens with zero attached hydrogens (tertiary/aromatic N) is 1.